The van der Waals surface area contributed by atoms with Crippen molar-refractivity contribution < 1.29 is 9.53 Å². The van der Waals surface area contributed by atoms with Crippen LogP contribution in [0.25, 0.3) is 0 Å². The zero-order chi connectivity index (χ0) is 14.8. The number of ether oxygens (including phenoxy) is 1. The quantitative estimate of drug-likeness (QED) is 0.806. The molecule has 0 bridgehead atoms. The lowest BCUT2D eigenvalue weighted by atomic mass is 9.90. The summed E-state index contributed by atoms with van der Waals surface area (Å²) in [6.45, 7) is 2.83. The van der Waals surface area contributed by atoms with Gasteiger partial charge in [-0.15, -0.1) is 0 Å². The number of benzene rings is 1. The van der Waals surface area contributed by atoms with Crippen LogP contribution in [0.3, 0.4) is 0 Å². The van der Waals surface area contributed by atoms with Crippen LogP contribution in [-0.4, -0.2) is 25.1 Å². The van der Waals surface area contributed by atoms with Crippen LogP contribution in [0.1, 0.15) is 26.2 Å². The first-order valence-electron chi connectivity index (χ1n) is 6.56. The second kappa shape index (κ2) is 6.45. The van der Waals surface area contributed by atoms with Gasteiger partial charge < -0.3 is 15.4 Å². The molecule has 0 saturated carbocycles. The second-order valence-corrected chi connectivity index (χ2v) is 6.85. The molecule has 1 aliphatic rings. The fraction of sp³-hybridized carbons (Fsp3) is 0.500. The molecule has 1 aliphatic heterocycles. The maximum Gasteiger partial charge on any atom is 0.244 e. The van der Waals surface area contributed by atoms with Crippen molar-refractivity contribution in [2.24, 2.45) is 0 Å². The molecule has 0 aliphatic carbocycles. The van der Waals surface area contributed by atoms with Crippen molar-refractivity contribution in [3.05, 3.63) is 21.1 Å². The molecular formula is C14H18Br2N2O2. The van der Waals surface area contributed by atoms with E-state index in [2.05, 4.69) is 42.5 Å². The summed E-state index contributed by atoms with van der Waals surface area (Å²) in [7, 11) is 1.60. The van der Waals surface area contributed by atoms with Crippen LogP contribution in [0.2, 0.25) is 0 Å². The van der Waals surface area contributed by atoms with Crippen molar-refractivity contribution in [3.8, 4) is 5.75 Å². The molecular weight excluding hydrogens is 388 g/mol. The fourth-order valence-electron chi connectivity index (χ4n) is 2.29. The minimum atomic E-state index is -0.502. The van der Waals surface area contributed by atoms with E-state index in [1.807, 2.05) is 13.0 Å². The van der Waals surface area contributed by atoms with Gasteiger partial charge in [0.1, 0.15) is 5.75 Å². The predicted molar refractivity (Wildman–Crippen MR) is 87.3 cm³/mol. The third kappa shape index (κ3) is 3.35. The number of nitrogens with one attached hydrogen (secondary N) is 2. The minimum absolute atomic E-state index is 0.0118. The molecule has 1 fully saturated rings. The number of carbonyl (C=O) groups excluding carboxylic acids is 1. The van der Waals surface area contributed by atoms with E-state index in [0.717, 1.165) is 34.8 Å². The Morgan fingerprint density at radius 3 is 2.70 bits per heavy atom. The second-order valence-electron chi connectivity index (χ2n) is 5.14. The molecule has 0 aromatic heterocycles. The Bertz CT molecular complexity index is 514. The van der Waals surface area contributed by atoms with Gasteiger partial charge in [-0.2, -0.15) is 0 Å². The van der Waals surface area contributed by atoms with Crippen LogP contribution in [0.4, 0.5) is 5.69 Å². The summed E-state index contributed by atoms with van der Waals surface area (Å²) in [6.07, 6.45) is 3.05. The fourth-order valence-corrected chi connectivity index (χ4v) is 3.55. The lowest BCUT2D eigenvalue weighted by molar-refractivity contribution is -0.122. The number of piperidine rings is 1. The minimum Gasteiger partial charge on any atom is -0.495 e. The van der Waals surface area contributed by atoms with E-state index in [0.29, 0.717) is 11.4 Å². The zero-order valence-corrected chi connectivity index (χ0v) is 14.7. The van der Waals surface area contributed by atoms with E-state index >= 15 is 0 Å². The van der Waals surface area contributed by atoms with Crippen LogP contribution in [0.15, 0.2) is 21.1 Å². The standard InChI is InChI=1S/C14H18Br2N2O2/c1-14(5-3-4-6-17-14)13(19)18-11-8-12(20-2)10(16)7-9(11)15/h7-8,17H,3-6H2,1-2H3,(H,18,19). The van der Waals surface area contributed by atoms with E-state index in [9.17, 15) is 4.79 Å². The Balaban J connectivity index is 2.19. The van der Waals surface area contributed by atoms with Crippen molar-refractivity contribution in [2.45, 2.75) is 31.7 Å². The van der Waals surface area contributed by atoms with E-state index < -0.39 is 5.54 Å². The molecule has 1 aromatic rings. The molecule has 2 rings (SSSR count). The highest BCUT2D eigenvalue weighted by Gasteiger charge is 2.34. The Labute approximate surface area is 135 Å². The SMILES string of the molecule is COc1cc(NC(=O)C2(C)CCCCN2)c(Br)cc1Br. The number of rotatable bonds is 3. The van der Waals surface area contributed by atoms with Crippen LogP contribution >= 0.6 is 31.9 Å². The number of carbonyl (C=O) groups is 1. The monoisotopic (exact) mass is 404 g/mol. The Hall–Kier alpha value is -0.590. The third-order valence-electron chi connectivity index (χ3n) is 3.61. The normalized spacial score (nSPS) is 22.4. The highest BCUT2D eigenvalue weighted by atomic mass is 79.9. The third-order valence-corrected chi connectivity index (χ3v) is 4.89. The van der Waals surface area contributed by atoms with Gasteiger partial charge in [-0.25, -0.2) is 0 Å². The summed E-state index contributed by atoms with van der Waals surface area (Å²) < 4.78 is 6.92. The smallest absolute Gasteiger partial charge is 0.244 e. The molecule has 1 aromatic carbocycles. The molecule has 1 amide bonds. The Morgan fingerprint density at radius 1 is 1.35 bits per heavy atom. The maximum atomic E-state index is 12.5. The van der Waals surface area contributed by atoms with Gasteiger partial charge >= 0.3 is 0 Å². The summed E-state index contributed by atoms with van der Waals surface area (Å²) in [4.78, 5) is 12.5. The number of hydrogen-bond donors (Lipinski definition) is 2. The van der Waals surface area contributed by atoms with E-state index in [4.69, 9.17) is 4.74 Å². The summed E-state index contributed by atoms with van der Waals surface area (Å²) >= 11 is 6.87. The summed E-state index contributed by atoms with van der Waals surface area (Å²) in [5.41, 5.74) is 0.210. The van der Waals surface area contributed by atoms with Gasteiger partial charge in [0.25, 0.3) is 0 Å². The van der Waals surface area contributed by atoms with Crippen LogP contribution < -0.4 is 15.4 Å². The molecule has 4 nitrogen and oxygen atoms in total. The largest absolute Gasteiger partial charge is 0.495 e. The molecule has 20 heavy (non-hydrogen) atoms. The lowest BCUT2D eigenvalue weighted by Gasteiger charge is -2.33. The molecule has 6 heteroatoms. The number of anilines is 1. The first-order chi connectivity index (χ1) is 9.46. The van der Waals surface area contributed by atoms with Gasteiger partial charge in [-0.05, 0) is 70.7 Å². The van der Waals surface area contributed by atoms with Crippen LogP contribution in [0.5, 0.6) is 5.75 Å². The maximum absolute atomic E-state index is 12.5. The lowest BCUT2D eigenvalue weighted by Crippen LogP contribution is -2.54. The van der Waals surface area contributed by atoms with Gasteiger partial charge in [-0.1, -0.05) is 0 Å². The number of halogens is 2. The number of hydrogen-bond acceptors (Lipinski definition) is 3. The average molecular weight is 406 g/mol. The first kappa shape index (κ1) is 15.8. The van der Waals surface area contributed by atoms with Gasteiger partial charge in [0, 0.05) is 10.5 Å². The van der Waals surface area contributed by atoms with Gasteiger partial charge in [-0.3, -0.25) is 4.79 Å². The highest BCUT2D eigenvalue weighted by molar-refractivity contribution is 9.11. The van der Waals surface area contributed by atoms with Crippen molar-refractivity contribution in [2.75, 3.05) is 19.0 Å². The molecule has 2 N–H and O–H groups in total. The Kier molecular flexibility index (Phi) is 5.09. The molecule has 0 spiro atoms. The molecule has 1 unspecified atom stereocenters. The van der Waals surface area contributed by atoms with E-state index in [1.54, 1.807) is 13.2 Å². The highest BCUT2D eigenvalue weighted by Crippen LogP contribution is 2.35. The van der Waals surface area contributed by atoms with E-state index in [1.165, 1.54) is 0 Å². The van der Waals surface area contributed by atoms with Crippen LogP contribution in [0, 0.1) is 0 Å². The predicted octanol–water partition coefficient (Wildman–Crippen LogP) is 3.69. The zero-order valence-electron chi connectivity index (χ0n) is 11.6. The first-order valence-corrected chi connectivity index (χ1v) is 8.14. The van der Waals surface area contributed by atoms with Crippen molar-refractivity contribution in [3.63, 3.8) is 0 Å². The molecule has 0 radical (unpaired) electrons. The van der Waals surface area contributed by atoms with Crippen LogP contribution in [-0.2, 0) is 4.79 Å². The average Bonchev–Trinajstić information content (AvgIpc) is 2.42. The summed E-state index contributed by atoms with van der Waals surface area (Å²) in [6, 6.07) is 3.67. The molecule has 1 heterocycles. The van der Waals surface area contributed by atoms with Gasteiger partial charge in [0.15, 0.2) is 0 Å². The number of methoxy groups -OCH3 is 1. The summed E-state index contributed by atoms with van der Waals surface area (Å²) in [5.74, 6) is 0.674. The van der Waals surface area contributed by atoms with Crippen molar-refractivity contribution in [1.29, 1.82) is 0 Å². The van der Waals surface area contributed by atoms with Crippen molar-refractivity contribution in [1.82, 2.24) is 5.32 Å². The van der Waals surface area contributed by atoms with Gasteiger partial charge in [0.2, 0.25) is 5.91 Å². The summed E-state index contributed by atoms with van der Waals surface area (Å²) in [5, 5.41) is 6.28. The topological polar surface area (TPSA) is 50.4 Å². The molecule has 110 valence electrons. The Morgan fingerprint density at radius 2 is 2.10 bits per heavy atom. The molecule has 1 atom stereocenters. The molecule has 1 saturated heterocycles. The van der Waals surface area contributed by atoms with Crippen molar-refractivity contribution >= 4 is 43.5 Å². The number of amides is 1. The van der Waals surface area contributed by atoms with E-state index in [-0.39, 0.29) is 5.91 Å². The van der Waals surface area contributed by atoms with Gasteiger partial charge in [0.05, 0.1) is 22.8 Å².